The number of amides is 1. The van der Waals surface area contributed by atoms with Crippen molar-refractivity contribution in [3.8, 4) is 5.75 Å². The van der Waals surface area contributed by atoms with Crippen molar-refractivity contribution in [2.45, 2.75) is 19.4 Å². The zero-order valence-electron chi connectivity index (χ0n) is 13.7. The predicted octanol–water partition coefficient (Wildman–Crippen LogP) is 2.72. The molecule has 0 aromatic heterocycles. The van der Waals surface area contributed by atoms with Gasteiger partial charge in [0.1, 0.15) is 0 Å². The molecule has 130 valence electrons. The maximum Gasteiger partial charge on any atom is 0.331 e. The van der Waals surface area contributed by atoms with E-state index in [4.69, 9.17) is 4.74 Å². The molecule has 1 unspecified atom stereocenters. The maximum atomic E-state index is 13.7. The summed E-state index contributed by atoms with van der Waals surface area (Å²) in [5.41, 5.74) is 2.33. The Hall–Kier alpha value is -2.89. The van der Waals surface area contributed by atoms with Crippen LogP contribution in [0.25, 0.3) is 0 Å². The molecule has 0 spiro atoms. The van der Waals surface area contributed by atoms with E-state index >= 15 is 0 Å². The summed E-state index contributed by atoms with van der Waals surface area (Å²) in [6.45, 7) is 1.66. The second kappa shape index (κ2) is 6.93. The lowest BCUT2D eigenvalue weighted by molar-refractivity contribution is -0.152. The number of halogens is 1. The fourth-order valence-corrected chi connectivity index (χ4v) is 3.05. The first-order valence-electron chi connectivity index (χ1n) is 7.96. The Bertz CT molecular complexity index is 821. The van der Waals surface area contributed by atoms with Crippen LogP contribution in [-0.4, -0.2) is 35.0 Å². The van der Waals surface area contributed by atoms with E-state index in [-0.39, 0.29) is 12.3 Å². The molecule has 1 aliphatic heterocycles. The van der Waals surface area contributed by atoms with Gasteiger partial charge in [-0.05, 0) is 42.2 Å². The van der Waals surface area contributed by atoms with E-state index in [0.29, 0.717) is 12.0 Å². The molecule has 2 aromatic carbocycles. The molecular formula is C19H18FNO4. The van der Waals surface area contributed by atoms with Crippen LogP contribution in [0.3, 0.4) is 0 Å². The number of hydrogen-bond donors (Lipinski definition) is 1. The molecule has 2 aromatic rings. The van der Waals surface area contributed by atoms with Crippen molar-refractivity contribution in [1.82, 2.24) is 4.90 Å². The number of carboxylic acids is 1. The summed E-state index contributed by atoms with van der Waals surface area (Å²) in [5, 5.41) is 9.58. The molecule has 6 heteroatoms. The zero-order chi connectivity index (χ0) is 18.0. The Labute approximate surface area is 144 Å². The number of carboxylic acid groups (broad SMARTS) is 1. The number of benzene rings is 2. The number of aliphatic carboxylic acids is 1. The molecule has 1 atom stereocenters. The summed E-state index contributed by atoms with van der Waals surface area (Å²) >= 11 is 0. The first-order chi connectivity index (χ1) is 12.0. The molecular weight excluding hydrogens is 325 g/mol. The number of carbonyl (C=O) groups excluding carboxylic acids is 1. The van der Waals surface area contributed by atoms with Gasteiger partial charge < -0.3 is 14.7 Å². The fraction of sp³-hybridized carbons (Fsp3) is 0.263. The third-order valence-electron chi connectivity index (χ3n) is 4.28. The second-order valence-electron chi connectivity index (χ2n) is 6.00. The highest BCUT2D eigenvalue weighted by Crippen LogP contribution is 2.30. The zero-order valence-corrected chi connectivity index (χ0v) is 13.7. The van der Waals surface area contributed by atoms with Crippen molar-refractivity contribution in [2.75, 3.05) is 13.2 Å². The molecule has 0 saturated heterocycles. The molecule has 25 heavy (non-hydrogen) atoms. The van der Waals surface area contributed by atoms with Crippen LogP contribution in [-0.2, 0) is 16.0 Å². The van der Waals surface area contributed by atoms with Crippen molar-refractivity contribution < 1.29 is 23.8 Å². The van der Waals surface area contributed by atoms with Crippen LogP contribution in [0.15, 0.2) is 42.5 Å². The van der Waals surface area contributed by atoms with Gasteiger partial charge in [-0.25, -0.2) is 9.18 Å². The van der Waals surface area contributed by atoms with E-state index in [1.54, 1.807) is 25.1 Å². The van der Waals surface area contributed by atoms with Crippen molar-refractivity contribution >= 4 is 11.9 Å². The number of rotatable bonds is 4. The number of fused-ring (bicyclic) bond motifs is 1. The van der Waals surface area contributed by atoms with Crippen LogP contribution in [0.4, 0.5) is 4.39 Å². The highest BCUT2D eigenvalue weighted by atomic mass is 19.1. The molecule has 1 N–H and O–H groups in total. The standard InChI is InChI=1S/C19H18FNO4/c1-12-6-7-15(20)16(10-12)25-11-17(22)21-9-8-13-4-2-3-5-14(13)18(21)19(23)24/h2-7,10,18H,8-9,11H2,1H3,(H,23,24). The van der Waals surface area contributed by atoms with Crippen LogP contribution in [0.5, 0.6) is 5.75 Å². The minimum absolute atomic E-state index is 0.0161. The molecule has 0 radical (unpaired) electrons. The van der Waals surface area contributed by atoms with E-state index in [2.05, 4.69) is 0 Å². The molecule has 0 saturated carbocycles. The molecule has 3 rings (SSSR count). The van der Waals surface area contributed by atoms with Gasteiger partial charge in [-0.3, -0.25) is 4.79 Å². The Morgan fingerprint density at radius 1 is 1.28 bits per heavy atom. The molecule has 0 aliphatic carbocycles. The highest BCUT2D eigenvalue weighted by Gasteiger charge is 2.35. The van der Waals surface area contributed by atoms with Gasteiger partial charge in [-0.15, -0.1) is 0 Å². The molecule has 1 amide bonds. The smallest absolute Gasteiger partial charge is 0.331 e. The van der Waals surface area contributed by atoms with E-state index < -0.39 is 30.3 Å². The number of carbonyl (C=O) groups is 2. The molecule has 1 aliphatic rings. The lowest BCUT2D eigenvalue weighted by atomic mass is 9.92. The van der Waals surface area contributed by atoms with Gasteiger partial charge >= 0.3 is 5.97 Å². The predicted molar refractivity (Wildman–Crippen MR) is 88.9 cm³/mol. The Balaban J connectivity index is 1.77. The third-order valence-corrected chi connectivity index (χ3v) is 4.28. The molecule has 0 bridgehead atoms. The summed E-state index contributed by atoms with van der Waals surface area (Å²) in [6, 6.07) is 10.5. The van der Waals surface area contributed by atoms with Crippen molar-refractivity contribution in [1.29, 1.82) is 0 Å². The summed E-state index contributed by atoms with van der Waals surface area (Å²) in [6.07, 6.45) is 0.574. The van der Waals surface area contributed by atoms with E-state index in [9.17, 15) is 19.1 Å². The molecule has 5 nitrogen and oxygen atoms in total. The SMILES string of the molecule is Cc1ccc(F)c(OCC(=O)N2CCc3ccccc3C2C(=O)O)c1. The number of aryl methyl sites for hydroxylation is 1. The Morgan fingerprint density at radius 2 is 2.04 bits per heavy atom. The first-order valence-corrected chi connectivity index (χ1v) is 7.96. The van der Waals surface area contributed by atoms with Gasteiger partial charge in [-0.1, -0.05) is 30.3 Å². The Kier molecular flexibility index (Phi) is 4.70. The topological polar surface area (TPSA) is 66.8 Å². The van der Waals surface area contributed by atoms with Crippen LogP contribution in [0.2, 0.25) is 0 Å². The van der Waals surface area contributed by atoms with Gasteiger partial charge in [0.2, 0.25) is 0 Å². The largest absolute Gasteiger partial charge is 0.481 e. The molecule has 1 heterocycles. The van der Waals surface area contributed by atoms with Crippen LogP contribution in [0.1, 0.15) is 22.7 Å². The lowest BCUT2D eigenvalue weighted by Gasteiger charge is -2.34. The summed E-state index contributed by atoms with van der Waals surface area (Å²) < 4.78 is 19.0. The van der Waals surface area contributed by atoms with Gasteiger partial charge in [0, 0.05) is 6.54 Å². The van der Waals surface area contributed by atoms with Gasteiger partial charge in [-0.2, -0.15) is 0 Å². The van der Waals surface area contributed by atoms with Crippen molar-refractivity contribution in [3.05, 3.63) is 65.0 Å². The van der Waals surface area contributed by atoms with E-state index in [1.807, 2.05) is 12.1 Å². The first kappa shape index (κ1) is 17.0. The van der Waals surface area contributed by atoms with Crippen molar-refractivity contribution in [2.24, 2.45) is 0 Å². The second-order valence-corrected chi connectivity index (χ2v) is 6.00. The third kappa shape index (κ3) is 3.47. The maximum absolute atomic E-state index is 13.7. The Morgan fingerprint density at radius 3 is 2.80 bits per heavy atom. The van der Waals surface area contributed by atoms with Crippen LogP contribution in [0, 0.1) is 12.7 Å². The minimum atomic E-state index is -1.10. The quantitative estimate of drug-likeness (QED) is 0.927. The lowest BCUT2D eigenvalue weighted by Crippen LogP contribution is -2.45. The number of ether oxygens (including phenoxy) is 1. The van der Waals surface area contributed by atoms with Gasteiger partial charge in [0.25, 0.3) is 5.91 Å². The number of nitrogens with zero attached hydrogens (tertiary/aromatic N) is 1. The van der Waals surface area contributed by atoms with Gasteiger partial charge in [0.05, 0.1) is 0 Å². The average molecular weight is 343 g/mol. The van der Waals surface area contributed by atoms with Crippen LogP contribution < -0.4 is 4.74 Å². The highest BCUT2D eigenvalue weighted by molar-refractivity contribution is 5.86. The number of hydrogen-bond acceptors (Lipinski definition) is 3. The summed E-state index contributed by atoms with van der Waals surface area (Å²) in [5.74, 6) is -2.15. The van der Waals surface area contributed by atoms with Gasteiger partial charge in [0.15, 0.2) is 24.2 Å². The van der Waals surface area contributed by atoms with E-state index in [0.717, 1.165) is 11.1 Å². The minimum Gasteiger partial charge on any atom is -0.481 e. The van der Waals surface area contributed by atoms with Crippen molar-refractivity contribution in [3.63, 3.8) is 0 Å². The molecule has 0 fully saturated rings. The monoisotopic (exact) mass is 343 g/mol. The normalized spacial score (nSPS) is 16.2. The summed E-state index contributed by atoms with van der Waals surface area (Å²) in [4.78, 5) is 25.5. The summed E-state index contributed by atoms with van der Waals surface area (Å²) in [7, 11) is 0. The average Bonchev–Trinajstić information content (AvgIpc) is 2.61. The fourth-order valence-electron chi connectivity index (χ4n) is 3.05. The van der Waals surface area contributed by atoms with Crippen LogP contribution >= 0.6 is 0 Å². The van der Waals surface area contributed by atoms with E-state index in [1.165, 1.54) is 17.0 Å².